The van der Waals surface area contributed by atoms with Gasteiger partial charge >= 0.3 is 0 Å². The van der Waals surface area contributed by atoms with Crippen LogP contribution in [-0.4, -0.2) is 33.6 Å². The van der Waals surface area contributed by atoms with Gasteiger partial charge in [-0.05, 0) is 43.3 Å². The van der Waals surface area contributed by atoms with Crippen LogP contribution in [0.5, 0.6) is 0 Å². The first-order valence-corrected chi connectivity index (χ1v) is 8.74. The fourth-order valence-corrected chi connectivity index (χ4v) is 3.05. The van der Waals surface area contributed by atoms with Gasteiger partial charge in [-0.15, -0.1) is 0 Å². The third kappa shape index (κ3) is 3.32. The predicted octanol–water partition coefficient (Wildman–Crippen LogP) is 3.65. The average molecular weight is 377 g/mol. The molecule has 0 fully saturated rings. The van der Waals surface area contributed by atoms with E-state index in [2.05, 4.69) is 20.3 Å². The molecule has 0 saturated heterocycles. The summed E-state index contributed by atoms with van der Waals surface area (Å²) in [5.74, 6) is 1.51. The summed E-state index contributed by atoms with van der Waals surface area (Å²) >= 11 is 0. The molecule has 2 heterocycles. The molecular formula is C20H20FN7. The summed E-state index contributed by atoms with van der Waals surface area (Å²) in [6.07, 6.45) is 0. The third-order valence-electron chi connectivity index (χ3n) is 4.39. The number of fused-ring (bicyclic) bond motifs is 1. The van der Waals surface area contributed by atoms with Crippen LogP contribution in [0.4, 0.5) is 27.5 Å². The van der Waals surface area contributed by atoms with Gasteiger partial charge in [-0.25, -0.2) is 9.37 Å². The van der Waals surface area contributed by atoms with Gasteiger partial charge in [-0.1, -0.05) is 0 Å². The Morgan fingerprint density at radius 2 is 1.75 bits per heavy atom. The summed E-state index contributed by atoms with van der Waals surface area (Å²) in [7, 11) is 3.96. The fourth-order valence-electron chi connectivity index (χ4n) is 3.05. The van der Waals surface area contributed by atoms with Gasteiger partial charge in [-0.3, -0.25) is 4.57 Å². The molecule has 0 aliphatic heterocycles. The number of hydrogen-bond acceptors (Lipinski definition) is 6. The number of aromatic nitrogens is 4. The minimum atomic E-state index is -0.338. The van der Waals surface area contributed by atoms with Crippen LogP contribution in [0.1, 0.15) is 5.82 Å². The number of aryl methyl sites for hydroxylation is 1. The van der Waals surface area contributed by atoms with Crippen LogP contribution >= 0.6 is 0 Å². The maximum Gasteiger partial charge on any atom is 0.231 e. The van der Waals surface area contributed by atoms with Crippen molar-refractivity contribution in [2.75, 3.05) is 30.0 Å². The van der Waals surface area contributed by atoms with Crippen LogP contribution in [0.25, 0.3) is 16.9 Å². The Bertz CT molecular complexity index is 1150. The highest BCUT2D eigenvalue weighted by Crippen LogP contribution is 2.24. The van der Waals surface area contributed by atoms with E-state index >= 15 is 0 Å². The molecular weight excluding hydrogens is 357 g/mol. The maximum absolute atomic E-state index is 13.8. The van der Waals surface area contributed by atoms with E-state index in [0.29, 0.717) is 34.4 Å². The number of rotatable bonds is 4. The van der Waals surface area contributed by atoms with Crippen molar-refractivity contribution in [2.45, 2.75) is 6.92 Å². The van der Waals surface area contributed by atoms with Gasteiger partial charge in [0.25, 0.3) is 0 Å². The van der Waals surface area contributed by atoms with Crippen LogP contribution < -0.4 is 16.0 Å². The third-order valence-corrected chi connectivity index (χ3v) is 4.39. The summed E-state index contributed by atoms with van der Waals surface area (Å²) in [6, 6.07) is 14.0. The lowest BCUT2D eigenvalue weighted by Gasteiger charge is -2.13. The second-order valence-corrected chi connectivity index (χ2v) is 6.67. The summed E-state index contributed by atoms with van der Waals surface area (Å²) in [5.41, 5.74) is 9.23. The smallest absolute Gasteiger partial charge is 0.231 e. The number of nitrogens with zero attached hydrogens (tertiary/aromatic N) is 5. The summed E-state index contributed by atoms with van der Waals surface area (Å²) in [4.78, 5) is 15.3. The Kier molecular flexibility index (Phi) is 4.31. The highest BCUT2D eigenvalue weighted by atomic mass is 19.1. The zero-order valence-electron chi connectivity index (χ0n) is 15.8. The molecule has 0 saturated carbocycles. The number of anilines is 4. The highest BCUT2D eigenvalue weighted by molar-refractivity contribution is 5.78. The topological polar surface area (TPSA) is 84.9 Å². The molecule has 0 atom stereocenters. The molecule has 0 spiro atoms. The molecule has 0 radical (unpaired) electrons. The number of nitrogens with two attached hydrogens (primary N) is 1. The summed E-state index contributed by atoms with van der Waals surface area (Å²) in [6.45, 7) is 1.84. The highest BCUT2D eigenvalue weighted by Gasteiger charge is 2.13. The van der Waals surface area contributed by atoms with Gasteiger partial charge in [0.15, 0.2) is 0 Å². The molecule has 8 heteroatoms. The van der Waals surface area contributed by atoms with E-state index in [4.69, 9.17) is 5.73 Å². The van der Waals surface area contributed by atoms with Gasteiger partial charge < -0.3 is 16.0 Å². The van der Waals surface area contributed by atoms with E-state index in [0.717, 1.165) is 11.4 Å². The van der Waals surface area contributed by atoms with Crippen molar-refractivity contribution in [3.63, 3.8) is 0 Å². The number of benzene rings is 2. The van der Waals surface area contributed by atoms with Crippen LogP contribution in [0, 0.1) is 12.7 Å². The van der Waals surface area contributed by atoms with Gasteiger partial charge in [-0.2, -0.15) is 9.97 Å². The first kappa shape index (κ1) is 17.7. The minimum Gasteiger partial charge on any atom is -0.383 e. The first-order chi connectivity index (χ1) is 13.4. The molecule has 0 amide bonds. The van der Waals surface area contributed by atoms with Crippen molar-refractivity contribution in [3.8, 4) is 5.82 Å². The van der Waals surface area contributed by atoms with Crippen molar-refractivity contribution in [1.82, 2.24) is 19.5 Å². The van der Waals surface area contributed by atoms with E-state index in [1.807, 2.05) is 50.2 Å². The van der Waals surface area contributed by atoms with Gasteiger partial charge in [0, 0.05) is 37.6 Å². The standard InChI is InChI=1S/C20H20FN7/c1-12-23-16-9-4-13(21)10-17(16)28(12)19-11-18(22)25-20(26-19)24-14-5-7-15(8-6-14)27(2)3/h4-11H,1-3H3,(H3,22,24,25,26). The van der Waals surface area contributed by atoms with Crippen LogP contribution in [0.15, 0.2) is 48.5 Å². The predicted molar refractivity (Wildman–Crippen MR) is 110 cm³/mol. The quantitative estimate of drug-likeness (QED) is 0.565. The number of halogens is 1. The molecule has 0 aliphatic carbocycles. The molecule has 142 valence electrons. The monoisotopic (exact) mass is 377 g/mol. The molecule has 4 aromatic rings. The Morgan fingerprint density at radius 1 is 1.00 bits per heavy atom. The number of nitrogens with one attached hydrogen (secondary N) is 1. The van der Waals surface area contributed by atoms with E-state index in [9.17, 15) is 4.39 Å². The summed E-state index contributed by atoms with van der Waals surface area (Å²) < 4.78 is 15.5. The van der Waals surface area contributed by atoms with Crippen LogP contribution in [0.3, 0.4) is 0 Å². The normalized spacial score (nSPS) is 11.0. The minimum absolute atomic E-state index is 0.301. The Hall–Kier alpha value is -3.68. The molecule has 28 heavy (non-hydrogen) atoms. The lowest BCUT2D eigenvalue weighted by molar-refractivity contribution is 0.629. The Balaban J connectivity index is 1.74. The molecule has 2 aromatic heterocycles. The average Bonchev–Trinajstić information content (AvgIpc) is 2.96. The second kappa shape index (κ2) is 6.80. The Morgan fingerprint density at radius 3 is 2.46 bits per heavy atom. The van der Waals surface area contributed by atoms with Crippen LogP contribution in [-0.2, 0) is 0 Å². The second-order valence-electron chi connectivity index (χ2n) is 6.67. The zero-order chi connectivity index (χ0) is 19.8. The molecule has 0 bridgehead atoms. The largest absolute Gasteiger partial charge is 0.383 e. The molecule has 7 nitrogen and oxygen atoms in total. The van der Waals surface area contributed by atoms with E-state index in [1.165, 1.54) is 12.1 Å². The van der Waals surface area contributed by atoms with Crippen molar-refractivity contribution < 1.29 is 4.39 Å². The molecule has 0 unspecified atom stereocenters. The molecule has 3 N–H and O–H groups in total. The van der Waals surface area contributed by atoms with E-state index in [1.54, 1.807) is 16.7 Å². The van der Waals surface area contributed by atoms with E-state index < -0.39 is 0 Å². The number of imidazole rings is 1. The van der Waals surface area contributed by atoms with Crippen molar-refractivity contribution >= 4 is 34.2 Å². The molecule has 0 aliphatic rings. The Labute approximate surface area is 161 Å². The molecule has 2 aromatic carbocycles. The lowest BCUT2D eigenvalue weighted by Crippen LogP contribution is -2.09. The maximum atomic E-state index is 13.8. The summed E-state index contributed by atoms with van der Waals surface area (Å²) in [5, 5.41) is 3.16. The SMILES string of the molecule is Cc1nc2ccc(F)cc2n1-c1cc(N)nc(Nc2ccc(N(C)C)cc2)n1. The van der Waals surface area contributed by atoms with Gasteiger partial charge in [0.2, 0.25) is 5.95 Å². The van der Waals surface area contributed by atoms with Crippen molar-refractivity contribution in [1.29, 1.82) is 0 Å². The van der Waals surface area contributed by atoms with Gasteiger partial charge in [0.1, 0.15) is 23.3 Å². The number of nitrogen functional groups attached to an aromatic ring is 1. The zero-order valence-corrected chi connectivity index (χ0v) is 15.8. The van der Waals surface area contributed by atoms with Gasteiger partial charge in [0.05, 0.1) is 11.0 Å². The fraction of sp³-hybridized carbons (Fsp3) is 0.150. The first-order valence-electron chi connectivity index (χ1n) is 8.74. The number of hydrogen-bond donors (Lipinski definition) is 2. The van der Waals surface area contributed by atoms with Crippen molar-refractivity contribution in [3.05, 3.63) is 60.2 Å². The van der Waals surface area contributed by atoms with Crippen molar-refractivity contribution in [2.24, 2.45) is 0 Å². The molecule has 4 rings (SSSR count). The van der Waals surface area contributed by atoms with Crippen LogP contribution in [0.2, 0.25) is 0 Å². The van der Waals surface area contributed by atoms with E-state index in [-0.39, 0.29) is 5.82 Å². The lowest BCUT2D eigenvalue weighted by atomic mass is 10.2.